The summed E-state index contributed by atoms with van der Waals surface area (Å²) in [7, 11) is 3.88. The van der Waals surface area contributed by atoms with Gasteiger partial charge in [0.2, 0.25) is 11.3 Å². The molecule has 2 aromatic rings. The Bertz CT molecular complexity index is 1380. The van der Waals surface area contributed by atoms with Gasteiger partial charge in [0.25, 0.3) is 11.8 Å². The lowest BCUT2D eigenvalue weighted by atomic mass is 9.72. The van der Waals surface area contributed by atoms with Crippen LogP contribution in [0.4, 0.5) is 18.9 Å². The van der Waals surface area contributed by atoms with Crippen LogP contribution in [0.5, 0.6) is 17.2 Å². The number of halogens is 4. The van der Waals surface area contributed by atoms with E-state index in [0.29, 0.717) is 0 Å². The number of benzene rings is 2. The zero-order chi connectivity index (χ0) is 28.9. The quantitative estimate of drug-likeness (QED) is 0.524. The van der Waals surface area contributed by atoms with Crippen LogP contribution in [0.2, 0.25) is 5.02 Å². The fourth-order valence-electron chi connectivity index (χ4n) is 5.09. The molecule has 0 bridgehead atoms. The number of alkyl halides is 3. The van der Waals surface area contributed by atoms with Crippen molar-refractivity contribution in [2.45, 2.75) is 38.4 Å². The van der Waals surface area contributed by atoms with Gasteiger partial charge in [-0.15, -0.1) is 0 Å². The molecule has 1 N–H and O–H groups in total. The molecule has 2 aliphatic rings. The van der Waals surface area contributed by atoms with Gasteiger partial charge < -0.3 is 19.5 Å². The first-order valence-corrected chi connectivity index (χ1v) is 12.1. The van der Waals surface area contributed by atoms with Crippen LogP contribution in [0.3, 0.4) is 0 Å². The summed E-state index contributed by atoms with van der Waals surface area (Å²) in [6.07, 6.45) is -5.66. The standard InChI is InChI=1S/C27H26ClF3N2O6/c1-25(2)12-17-21(18(34)13-25)26(27(29,30)31,24(36)33(17)16-8-6-7-15(28)11-16)32-23(35)14-9-19(37-3)22(39-5)20(10-14)38-4/h6-11H,12-13H2,1-5H3,(H,32,35). The van der Waals surface area contributed by atoms with Gasteiger partial charge in [-0.25, -0.2) is 0 Å². The predicted molar refractivity (Wildman–Crippen MR) is 136 cm³/mol. The minimum Gasteiger partial charge on any atom is -0.493 e. The van der Waals surface area contributed by atoms with Gasteiger partial charge in [0, 0.05) is 22.7 Å². The number of amides is 2. The second-order valence-corrected chi connectivity index (χ2v) is 10.4. The Morgan fingerprint density at radius 3 is 2.13 bits per heavy atom. The molecule has 1 unspecified atom stereocenters. The molecule has 12 heteroatoms. The van der Waals surface area contributed by atoms with E-state index in [1.165, 1.54) is 45.6 Å². The first-order chi connectivity index (χ1) is 18.2. The van der Waals surface area contributed by atoms with Crippen LogP contribution in [0.15, 0.2) is 47.7 Å². The summed E-state index contributed by atoms with van der Waals surface area (Å²) in [6.45, 7) is 3.44. The van der Waals surface area contributed by atoms with Crippen LogP contribution >= 0.6 is 11.6 Å². The third-order valence-electron chi connectivity index (χ3n) is 6.74. The Morgan fingerprint density at radius 1 is 1.00 bits per heavy atom. The zero-order valence-electron chi connectivity index (χ0n) is 21.8. The second-order valence-electron chi connectivity index (χ2n) is 10.00. The first kappa shape index (κ1) is 28.3. The maximum Gasteiger partial charge on any atom is 0.425 e. The second kappa shape index (κ2) is 9.78. The van der Waals surface area contributed by atoms with Crippen molar-refractivity contribution in [3.8, 4) is 17.2 Å². The van der Waals surface area contributed by atoms with Crippen molar-refractivity contribution in [1.29, 1.82) is 0 Å². The van der Waals surface area contributed by atoms with Crippen LogP contribution < -0.4 is 24.4 Å². The number of rotatable bonds is 6. The van der Waals surface area contributed by atoms with Crippen LogP contribution in [-0.4, -0.2) is 50.6 Å². The van der Waals surface area contributed by atoms with Crippen molar-refractivity contribution >= 4 is 34.9 Å². The van der Waals surface area contributed by atoms with E-state index in [1.807, 2.05) is 5.32 Å². The maximum atomic E-state index is 15.1. The molecule has 39 heavy (non-hydrogen) atoms. The molecule has 1 heterocycles. The van der Waals surface area contributed by atoms with E-state index in [1.54, 1.807) is 13.8 Å². The van der Waals surface area contributed by atoms with Gasteiger partial charge >= 0.3 is 6.18 Å². The van der Waals surface area contributed by atoms with Gasteiger partial charge in [-0.3, -0.25) is 19.3 Å². The summed E-state index contributed by atoms with van der Waals surface area (Å²) in [5.41, 5.74) is -5.59. The topological polar surface area (TPSA) is 94.2 Å². The fraction of sp³-hybridized carbons (Fsp3) is 0.370. The first-order valence-electron chi connectivity index (χ1n) is 11.8. The highest BCUT2D eigenvalue weighted by Crippen LogP contribution is 2.53. The molecule has 1 atom stereocenters. The van der Waals surface area contributed by atoms with Crippen molar-refractivity contribution in [3.05, 3.63) is 58.3 Å². The maximum absolute atomic E-state index is 15.1. The van der Waals surface area contributed by atoms with Gasteiger partial charge in [0.1, 0.15) is 0 Å². The Morgan fingerprint density at radius 2 is 1.62 bits per heavy atom. The Balaban J connectivity index is 1.93. The summed E-state index contributed by atoms with van der Waals surface area (Å²) < 4.78 is 61.0. The summed E-state index contributed by atoms with van der Waals surface area (Å²) >= 11 is 6.09. The summed E-state index contributed by atoms with van der Waals surface area (Å²) in [5.74, 6) is -3.57. The van der Waals surface area contributed by atoms with Crippen molar-refractivity contribution in [3.63, 3.8) is 0 Å². The molecular formula is C27H26ClF3N2O6. The van der Waals surface area contributed by atoms with E-state index in [-0.39, 0.29) is 52.1 Å². The largest absolute Gasteiger partial charge is 0.493 e. The van der Waals surface area contributed by atoms with Crippen LogP contribution in [0.25, 0.3) is 0 Å². The molecule has 208 valence electrons. The average molecular weight is 567 g/mol. The lowest BCUT2D eigenvalue weighted by Crippen LogP contribution is -2.66. The van der Waals surface area contributed by atoms with E-state index in [9.17, 15) is 14.4 Å². The molecule has 0 spiro atoms. The van der Waals surface area contributed by atoms with E-state index < -0.39 is 40.3 Å². The monoisotopic (exact) mass is 566 g/mol. The highest BCUT2D eigenvalue weighted by Gasteiger charge is 2.72. The summed E-state index contributed by atoms with van der Waals surface area (Å²) in [4.78, 5) is 41.6. The molecule has 0 saturated carbocycles. The number of anilines is 1. The molecule has 0 aromatic heterocycles. The zero-order valence-corrected chi connectivity index (χ0v) is 22.5. The number of hydrogen-bond donors (Lipinski definition) is 1. The number of allylic oxidation sites excluding steroid dienone is 1. The number of hydrogen-bond acceptors (Lipinski definition) is 6. The van der Waals surface area contributed by atoms with E-state index in [2.05, 4.69) is 0 Å². The molecule has 2 aromatic carbocycles. The molecule has 1 aliphatic carbocycles. The third kappa shape index (κ3) is 4.58. The SMILES string of the molecule is COc1cc(C(=O)NC2(C(F)(F)F)C(=O)N(c3cccc(Cl)c3)C3=C2C(=O)CC(C)(C)C3)cc(OC)c1OC. The highest BCUT2D eigenvalue weighted by molar-refractivity contribution is 6.31. The lowest BCUT2D eigenvalue weighted by molar-refractivity contribution is -0.186. The molecule has 0 radical (unpaired) electrons. The third-order valence-corrected chi connectivity index (χ3v) is 6.98. The number of Topliss-reactive ketones (excluding diaryl/α,β-unsaturated/α-hetero) is 1. The molecule has 1 aliphatic heterocycles. The number of carbonyl (C=O) groups is 3. The van der Waals surface area contributed by atoms with Crippen molar-refractivity contribution in [1.82, 2.24) is 5.32 Å². The van der Waals surface area contributed by atoms with Crippen LogP contribution in [0.1, 0.15) is 37.0 Å². The summed E-state index contributed by atoms with van der Waals surface area (Å²) in [6, 6.07) is 8.01. The fourth-order valence-corrected chi connectivity index (χ4v) is 5.28. The number of ketones is 1. The summed E-state index contributed by atoms with van der Waals surface area (Å²) in [5, 5.41) is 2.07. The molecule has 2 amide bonds. The van der Waals surface area contributed by atoms with Gasteiger partial charge in [-0.05, 0) is 42.2 Å². The van der Waals surface area contributed by atoms with E-state index >= 15 is 13.2 Å². The van der Waals surface area contributed by atoms with Crippen LogP contribution in [0, 0.1) is 5.41 Å². The average Bonchev–Trinajstić information content (AvgIpc) is 3.10. The van der Waals surface area contributed by atoms with Gasteiger partial charge in [-0.2, -0.15) is 13.2 Å². The normalized spacial score (nSPS) is 20.6. The highest BCUT2D eigenvalue weighted by atomic mass is 35.5. The van der Waals surface area contributed by atoms with Crippen molar-refractivity contribution in [2.24, 2.45) is 5.41 Å². The molecule has 0 fully saturated rings. The van der Waals surface area contributed by atoms with Gasteiger partial charge in [0.15, 0.2) is 17.3 Å². The Hall–Kier alpha value is -3.73. The van der Waals surface area contributed by atoms with Crippen molar-refractivity contribution in [2.75, 3.05) is 26.2 Å². The predicted octanol–water partition coefficient (Wildman–Crippen LogP) is 5.09. The van der Waals surface area contributed by atoms with E-state index in [4.69, 9.17) is 25.8 Å². The Kier molecular flexibility index (Phi) is 7.09. The number of methoxy groups -OCH3 is 3. The molecule has 4 rings (SSSR count). The van der Waals surface area contributed by atoms with E-state index in [0.717, 1.165) is 17.0 Å². The molecule has 8 nitrogen and oxygen atoms in total. The van der Waals surface area contributed by atoms with Crippen molar-refractivity contribution < 1.29 is 41.8 Å². The lowest BCUT2D eigenvalue weighted by Gasteiger charge is -2.35. The number of nitrogens with one attached hydrogen (secondary N) is 1. The minimum atomic E-state index is -5.38. The number of nitrogens with zero attached hydrogens (tertiary/aromatic N) is 1. The Labute approximate surface area is 227 Å². The number of ether oxygens (including phenoxy) is 3. The number of carbonyl (C=O) groups excluding carboxylic acids is 3. The minimum absolute atomic E-state index is 0.0109. The van der Waals surface area contributed by atoms with Gasteiger partial charge in [-0.1, -0.05) is 31.5 Å². The smallest absolute Gasteiger partial charge is 0.425 e. The van der Waals surface area contributed by atoms with Gasteiger partial charge in [0.05, 0.1) is 32.6 Å². The molecule has 0 saturated heterocycles. The molecular weight excluding hydrogens is 541 g/mol. The van der Waals surface area contributed by atoms with Crippen LogP contribution in [-0.2, 0) is 9.59 Å².